The van der Waals surface area contributed by atoms with Gasteiger partial charge < -0.3 is 4.74 Å². The molecule has 1 unspecified atom stereocenters. The summed E-state index contributed by atoms with van der Waals surface area (Å²) in [5.41, 5.74) is 0. The summed E-state index contributed by atoms with van der Waals surface area (Å²) in [6, 6.07) is -0.794. The lowest BCUT2D eigenvalue weighted by Gasteiger charge is -2.18. The summed E-state index contributed by atoms with van der Waals surface area (Å²) in [6.07, 6.45) is 1.37. The van der Waals surface area contributed by atoms with Crippen LogP contribution < -0.4 is 14.8 Å². The van der Waals surface area contributed by atoms with Gasteiger partial charge in [-0.15, -0.1) is 5.10 Å². The van der Waals surface area contributed by atoms with Crippen molar-refractivity contribution in [1.29, 1.82) is 0 Å². The molecule has 0 aliphatic carbocycles. The van der Waals surface area contributed by atoms with E-state index in [4.69, 9.17) is 4.74 Å². The van der Waals surface area contributed by atoms with Crippen LogP contribution in [0.1, 0.15) is 20.3 Å². The highest BCUT2D eigenvalue weighted by atomic mass is 32.2. The molecule has 114 valence electrons. The predicted molar refractivity (Wildman–Crippen MR) is 72.8 cm³/mol. The van der Waals surface area contributed by atoms with E-state index < -0.39 is 22.0 Å². The molecule has 0 saturated heterocycles. The first-order chi connectivity index (χ1) is 9.21. The van der Waals surface area contributed by atoms with E-state index in [1.54, 1.807) is 0 Å². The van der Waals surface area contributed by atoms with Crippen molar-refractivity contribution in [2.24, 2.45) is 5.92 Å². The van der Waals surface area contributed by atoms with Crippen molar-refractivity contribution < 1.29 is 17.9 Å². The quantitative estimate of drug-likeness (QED) is 0.636. The lowest BCUT2D eigenvalue weighted by molar-refractivity contribution is -0.118. The number of nitrogens with one attached hydrogen (secondary N) is 3. The van der Waals surface area contributed by atoms with E-state index >= 15 is 0 Å². The first-order valence-corrected chi connectivity index (χ1v) is 7.85. The van der Waals surface area contributed by atoms with Gasteiger partial charge in [-0.1, -0.05) is 13.8 Å². The van der Waals surface area contributed by atoms with Crippen LogP contribution in [-0.4, -0.2) is 48.9 Å². The summed E-state index contributed by atoms with van der Waals surface area (Å²) in [7, 11) is -2.10. The Hall–Kier alpha value is -1.68. The third-order valence-electron chi connectivity index (χ3n) is 2.27. The molecule has 1 amide bonds. The number of anilines is 1. The van der Waals surface area contributed by atoms with Gasteiger partial charge in [-0.25, -0.2) is 18.2 Å². The smallest absolute Gasteiger partial charge is 0.336 e. The number of nitrogens with zero attached hydrogens (tertiary/aromatic N) is 2. The van der Waals surface area contributed by atoms with Gasteiger partial charge in [0.2, 0.25) is 21.9 Å². The van der Waals surface area contributed by atoms with Gasteiger partial charge in [0.25, 0.3) is 0 Å². The zero-order valence-electron chi connectivity index (χ0n) is 11.8. The third kappa shape index (κ3) is 5.53. The van der Waals surface area contributed by atoms with Crippen molar-refractivity contribution in [3.8, 4) is 6.01 Å². The maximum Gasteiger partial charge on any atom is 0.336 e. The van der Waals surface area contributed by atoms with Gasteiger partial charge in [0.05, 0.1) is 13.4 Å². The Labute approximate surface area is 117 Å². The number of rotatable bonds is 7. The second kappa shape index (κ2) is 6.66. The average molecular weight is 305 g/mol. The normalized spacial score (nSPS) is 13.2. The van der Waals surface area contributed by atoms with Crippen molar-refractivity contribution in [2.45, 2.75) is 26.3 Å². The summed E-state index contributed by atoms with van der Waals surface area (Å²) in [4.78, 5) is 15.9. The standard InChI is InChI=1S/C10H19N5O4S/c1-6(2)5-7(15-20(4,17)18)8(16)11-9-12-10(19-3)14-13-9/h6-7,15H,5H2,1-4H3,(H2,11,12,13,14,16). The number of hydrogen-bond acceptors (Lipinski definition) is 6. The second-order valence-electron chi connectivity index (χ2n) is 4.73. The van der Waals surface area contributed by atoms with Crippen LogP contribution >= 0.6 is 0 Å². The second-order valence-corrected chi connectivity index (χ2v) is 6.51. The highest BCUT2D eigenvalue weighted by Gasteiger charge is 2.24. The lowest BCUT2D eigenvalue weighted by atomic mass is 10.0. The number of ether oxygens (including phenoxy) is 1. The summed E-state index contributed by atoms with van der Waals surface area (Å²) >= 11 is 0. The summed E-state index contributed by atoms with van der Waals surface area (Å²) in [5.74, 6) is -0.275. The van der Waals surface area contributed by atoms with Crippen LogP contribution in [0.25, 0.3) is 0 Å². The zero-order chi connectivity index (χ0) is 15.3. The van der Waals surface area contributed by atoms with Crippen LogP contribution in [0.4, 0.5) is 5.95 Å². The van der Waals surface area contributed by atoms with Crippen LogP contribution in [0.15, 0.2) is 0 Å². The number of carbonyl (C=O) groups excluding carboxylic acids is 1. The molecule has 0 aromatic carbocycles. The number of methoxy groups -OCH3 is 1. The van der Waals surface area contributed by atoms with Crippen LogP contribution in [0.5, 0.6) is 6.01 Å². The fraction of sp³-hybridized carbons (Fsp3) is 0.700. The Morgan fingerprint density at radius 1 is 1.45 bits per heavy atom. The van der Waals surface area contributed by atoms with Gasteiger partial charge in [0.15, 0.2) is 0 Å². The van der Waals surface area contributed by atoms with Gasteiger partial charge in [-0.3, -0.25) is 10.1 Å². The molecule has 10 heteroatoms. The first kappa shape index (κ1) is 16.4. The third-order valence-corrected chi connectivity index (χ3v) is 2.98. The minimum atomic E-state index is -3.49. The molecule has 0 bridgehead atoms. The topological polar surface area (TPSA) is 126 Å². The van der Waals surface area contributed by atoms with Gasteiger partial charge >= 0.3 is 6.01 Å². The number of carbonyl (C=O) groups is 1. The van der Waals surface area contributed by atoms with Crippen molar-refractivity contribution in [3.05, 3.63) is 0 Å². The molecule has 1 aromatic rings. The van der Waals surface area contributed by atoms with Crippen molar-refractivity contribution in [2.75, 3.05) is 18.7 Å². The minimum absolute atomic E-state index is 0.0804. The van der Waals surface area contributed by atoms with E-state index in [-0.39, 0.29) is 17.9 Å². The molecule has 0 aliphatic heterocycles. The Morgan fingerprint density at radius 2 is 2.10 bits per heavy atom. The predicted octanol–water partition coefficient (Wildman–Crippen LogP) is -0.284. The Morgan fingerprint density at radius 3 is 2.55 bits per heavy atom. The van der Waals surface area contributed by atoms with Gasteiger partial charge in [0.1, 0.15) is 6.04 Å². The van der Waals surface area contributed by atoms with E-state index in [1.807, 2.05) is 13.8 Å². The number of aromatic amines is 1. The Balaban J connectivity index is 2.76. The van der Waals surface area contributed by atoms with Crippen LogP contribution in [-0.2, 0) is 14.8 Å². The van der Waals surface area contributed by atoms with E-state index in [0.717, 1.165) is 6.26 Å². The van der Waals surface area contributed by atoms with Crippen molar-refractivity contribution >= 4 is 21.9 Å². The molecule has 1 rings (SSSR count). The van der Waals surface area contributed by atoms with Gasteiger partial charge in [-0.05, 0) is 12.3 Å². The molecule has 0 saturated carbocycles. The Bertz CT molecular complexity index is 554. The van der Waals surface area contributed by atoms with E-state index in [0.29, 0.717) is 6.42 Å². The fourth-order valence-corrected chi connectivity index (χ4v) is 2.26. The van der Waals surface area contributed by atoms with E-state index in [9.17, 15) is 13.2 Å². The average Bonchev–Trinajstić information content (AvgIpc) is 2.73. The molecule has 0 aliphatic rings. The van der Waals surface area contributed by atoms with Crippen LogP contribution in [0.3, 0.4) is 0 Å². The maximum absolute atomic E-state index is 12.1. The number of sulfonamides is 1. The first-order valence-electron chi connectivity index (χ1n) is 5.96. The minimum Gasteiger partial charge on any atom is -0.466 e. The largest absolute Gasteiger partial charge is 0.466 e. The molecule has 0 spiro atoms. The Kier molecular flexibility index (Phi) is 5.45. The molecule has 1 heterocycles. The van der Waals surface area contributed by atoms with Gasteiger partial charge in [0, 0.05) is 0 Å². The fourth-order valence-electron chi connectivity index (χ4n) is 1.54. The number of aromatic nitrogens is 3. The van der Waals surface area contributed by atoms with Crippen LogP contribution in [0.2, 0.25) is 0 Å². The van der Waals surface area contributed by atoms with Crippen LogP contribution in [0, 0.1) is 5.92 Å². The molecule has 20 heavy (non-hydrogen) atoms. The number of amides is 1. The molecule has 1 aromatic heterocycles. The number of H-pyrrole nitrogens is 1. The highest BCUT2D eigenvalue weighted by Crippen LogP contribution is 2.09. The van der Waals surface area contributed by atoms with Gasteiger partial charge in [-0.2, -0.15) is 4.98 Å². The molecule has 9 nitrogen and oxygen atoms in total. The molecule has 3 N–H and O–H groups in total. The summed E-state index contributed by atoms with van der Waals surface area (Å²) in [5, 5.41) is 8.58. The highest BCUT2D eigenvalue weighted by molar-refractivity contribution is 7.88. The SMILES string of the molecule is COc1n[nH]c(NC(=O)C(CC(C)C)NS(C)(=O)=O)n1. The monoisotopic (exact) mass is 305 g/mol. The number of hydrogen-bond donors (Lipinski definition) is 3. The lowest BCUT2D eigenvalue weighted by Crippen LogP contribution is -2.44. The molecule has 1 atom stereocenters. The summed E-state index contributed by atoms with van der Waals surface area (Å²) in [6.45, 7) is 3.78. The van der Waals surface area contributed by atoms with Crippen molar-refractivity contribution in [3.63, 3.8) is 0 Å². The zero-order valence-corrected chi connectivity index (χ0v) is 12.6. The van der Waals surface area contributed by atoms with E-state index in [1.165, 1.54) is 7.11 Å². The van der Waals surface area contributed by atoms with Crippen molar-refractivity contribution in [1.82, 2.24) is 19.9 Å². The molecule has 0 fully saturated rings. The van der Waals surface area contributed by atoms with E-state index in [2.05, 4.69) is 25.2 Å². The molecular weight excluding hydrogens is 286 g/mol. The summed E-state index contributed by atoms with van der Waals surface area (Å²) < 4.78 is 29.6. The maximum atomic E-state index is 12.1. The molecule has 0 radical (unpaired) electrons. The molecular formula is C10H19N5O4S.